The molecule has 2 atom stereocenters. The van der Waals surface area contributed by atoms with E-state index in [2.05, 4.69) is 10.2 Å². The van der Waals surface area contributed by atoms with Gasteiger partial charge in [-0.15, -0.1) is 0 Å². The van der Waals surface area contributed by atoms with Crippen LogP contribution >= 0.6 is 0 Å². The lowest BCUT2D eigenvalue weighted by molar-refractivity contribution is 0.153. The molecular formula is C14H18F2N2. The highest BCUT2D eigenvalue weighted by atomic mass is 19.1. The van der Waals surface area contributed by atoms with E-state index in [0.717, 1.165) is 26.1 Å². The van der Waals surface area contributed by atoms with Crippen molar-refractivity contribution in [1.29, 1.82) is 0 Å². The lowest BCUT2D eigenvalue weighted by Gasteiger charge is -2.34. The first-order valence-corrected chi connectivity index (χ1v) is 6.62. The average Bonchev–Trinajstić information content (AvgIpc) is 2.81. The Morgan fingerprint density at radius 2 is 2.00 bits per heavy atom. The van der Waals surface area contributed by atoms with E-state index in [-0.39, 0.29) is 5.56 Å². The normalized spacial score (nSPS) is 28.3. The van der Waals surface area contributed by atoms with Crippen molar-refractivity contribution >= 4 is 0 Å². The molecule has 18 heavy (non-hydrogen) atoms. The number of likely N-dealkylation sites (tertiary alicyclic amines) is 1. The first-order valence-electron chi connectivity index (χ1n) is 6.62. The molecule has 2 fully saturated rings. The summed E-state index contributed by atoms with van der Waals surface area (Å²) >= 11 is 0. The molecule has 1 aromatic carbocycles. The summed E-state index contributed by atoms with van der Waals surface area (Å²) in [5, 5.41) is 3.49. The van der Waals surface area contributed by atoms with Crippen LogP contribution in [0.15, 0.2) is 18.2 Å². The molecule has 0 aliphatic carbocycles. The number of hydrogen-bond acceptors (Lipinski definition) is 2. The summed E-state index contributed by atoms with van der Waals surface area (Å²) in [6, 6.07) is 4.71. The molecule has 2 aliphatic rings. The van der Waals surface area contributed by atoms with Crippen LogP contribution in [0.1, 0.15) is 18.4 Å². The number of halogens is 2. The van der Waals surface area contributed by atoms with Gasteiger partial charge >= 0.3 is 0 Å². The maximum absolute atomic E-state index is 13.6. The van der Waals surface area contributed by atoms with Crippen LogP contribution in [0.4, 0.5) is 8.78 Å². The zero-order chi connectivity index (χ0) is 12.5. The van der Waals surface area contributed by atoms with Crippen molar-refractivity contribution in [2.45, 2.75) is 25.4 Å². The summed E-state index contributed by atoms with van der Waals surface area (Å²) < 4.78 is 27.2. The van der Waals surface area contributed by atoms with Gasteiger partial charge in [0.15, 0.2) is 0 Å². The van der Waals surface area contributed by atoms with Gasteiger partial charge < -0.3 is 5.32 Å². The summed E-state index contributed by atoms with van der Waals surface area (Å²) in [5.74, 6) is -0.211. The first-order chi connectivity index (χ1) is 8.74. The van der Waals surface area contributed by atoms with Crippen molar-refractivity contribution in [1.82, 2.24) is 10.2 Å². The second kappa shape index (κ2) is 4.94. The minimum absolute atomic E-state index is 0.210. The van der Waals surface area contributed by atoms with E-state index in [1.54, 1.807) is 0 Å². The summed E-state index contributed by atoms with van der Waals surface area (Å²) in [5.41, 5.74) is 0.210. The van der Waals surface area contributed by atoms with Gasteiger partial charge in [0.2, 0.25) is 0 Å². The van der Waals surface area contributed by atoms with Crippen molar-refractivity contribution in [2.24, 2.45) is 5.92 Å². The smallest absolute Gasteiger partial charge is 0.130 e. The summed E-state index contributed by atoms with van der Waals surface area (Å²) in [6.07, 6.45) is 2.27. The second-order valence-electron chi connectivity index (χ2n) is 5.33. The molecule has 0 amide bonds. The average molecular weight is 252 g/mol. The van der Waals surface area contributed by atoms with Gasteiger partial charge in [0.25, 0.3) is 0 Å². The quantitative estimate of drug-likeness (QED) is 0.867. The number of benzene rings is 1. The van der Waals surface area contributed by atoms with E-state index in [0.29, 0.717) is 18.5 Å². The Kier molecular flexibility index (Phi) is 3.31. The first kappa shape index (κ1) is 12.1. The van der Waals surface area contributed by atoms with Crippen molar-refractivity contribution in [3.05, 3.63) is 35.4 Å². The van der Waals surface area contributed by atoms with Crippen LogP contribution in [0, 0.1) is 17.6 Å². The Labute approximate surface area is 106 Å². The van der Waals surface area contributed by atoms with E-state index in [1.165, 1.54) is 24.6 Å². The van der Waals surface area contributed by atoms with Crippen molar-refractivity contribution < 1.29 is 8.78 Å². The fraction of sp³-hybridized carbons (Fsp3) is 0.571. The molecule has 1 N–H and O–H groups in total. The molecule has 2 heterocycles. The van der Waals surface area contributed by atoms with Gasteiger partial charge in [0.1, 0.15) is 11.6 Å². The highest BCUT2D eigenvalue weighted by Gasteiger charge is 2.32. The maximum atomic E-state index is 13.6. The third-order valence-corrected chi connectivity index (χ3v) is 4.18. The molecule has 0 bridgehead atoms. The molecule has 0 spiro atoms. The van der Waals surface area contributed by atoms with Gasteiger partial charge in [-0.05, 0) is 44.0 Å². The number of nitrogens with one attached hydrogen (secondary N) is 1. The lowest BCUT2D eigenvalue weighted by atomic mass is 9.93. The van der Waals surface area contributed by atoms with Crippen molar-refractivity contribution in [2.75, 3.05) is 19.6 Å². The number of rotatable bonds is 2. The largest absolute Gasteiger partial charge is 0.314 e. The van der Waals surface area contributed by atoms with E-state index in [1.807, 2.05) is 0 Å². The summed E-state index contributed by atoms with van der Waals surface area (Å²) in [4.78, 5) is 2.18. The third kappa shape index (κ3) is 2.27. The SMILES string of the molecule is Fc1cccc(F)c1CN1CCC2NCCC2C1. The minimum atomic E-state index is -0.429. The van der Waals surface area contributed by atoms with E-state index in [4.69, 9.17) is 0 Å². The Morgan fingerprint density at radius 3 is 2.78 bits per heavy atom. The monoisotopic (exact) mass is 252 g/mol. The Hall–Kier alpha value is -1.00. The van der Waals surface area contributed by atoms with Crippen LogP contribution in [0.2, 0.25) is 0 Å². The second-order valence-corrected chi connectivity index (χ2v) is 5.33. The van der Waals surface area contributed by atoms with Gasteiger partial charge in [-0.25, -0.2) is 8.78 Å². The number of fused-ring (bicyclic) bond motifs is 1. The molecule has 3 rings (SSSR count). The summed E-state index contributed by atoms with van der Waals surface area (Å²) in [7, 11) is 0. The predicted octanol–water partition coefficient (Wildman–Crippen LogP) is 2.15. The highest BCUT2D eigenvalue weighted by molar-refractivity contribution is 5.19. The number of piperidine rings is 1. The molecule has 1 aromatic rings. The van der Waals surface area contributed by atoms with Crippen LogP contribution in [0.25, 0.3) is 0 Å². The zero-order valence-corrected chi connectivity index (χ0v) is 10.3. The number of nitrogens with zero attached hydrogens (tertiary/aromatic N) is 1. The minimum Gasteiger partial charge on any atom is -0.314 e. The zero-order valence-electron chi connectivity index (χ0n) is 10.3. The van der Waals surface area contributed by atoms with Crippen LogP contribution in [-0.4, -0.2) is 30.6 Å². The molecule has 0 radical (unpaired) electrons. The van der Waals surface area contributed by atoms with E-state index in [9.17, 15) is 8.78 Å². The molecule has 2 unspecified atom stereocenters. The Bertz CT molecular complexity index is 416. The lowest BCUT2D eigenvalue weighted by Crippen LogP contribution is -2.44. The Morgan fingerprint density at radius 1 is 1.22 bits per heavy atom. The molecule has 0 saturated carbocycles. The molecular weight excluding hydrogens is 234 g/mol. The topological polar surface area (TPSA) is 15.3 Å². The summed E-state index contributed by atoms with van der Waals surface area (Å²) in [6.45, 7) is 3.34. The molecule has 0 aromatic heterocycles. The van der Waals surface area contributed by atoms with Crippen LogP contribution in [0.3, 0.4) is 0 Å². The van der Waals surface area contributed by atoms with Gasteiger partial charge in [-0.3, -0.25) is 4.90 Å². The van der Waals surface area contributed by atoms with Gasteiger partial charge in [-0.2, -0.15) is 0 Å². The Balaban J connectivity index is 1.69. The maximum Gasteiger partial charge on any atom is 0.130 e. The molecule has 4 heteroatoms. The standard InChI is InChI=1S/C14H18F2N2/c15-12-2-1-3-13(16)11(12)9-18-7-5-14-10(8-18)4-6-17-14/h1-3,10,14,17H,4-9H2. The fourth-order valence-corrected chi connectivity index (χ4v) is 3.17. The van der Waals surface area contributed by atoms with E-state index < -0.39 is 11.6 Å². The molecule has 2 saturated heterocycles. The fourth-order valence-electron chi connectivity index (χ4n) is 3.17. The van der Waals surface area contributed by atoms with E-state index >= 15 is 0 Å². The van der Waals surface area contributed by atoms with Gasteiger partial charge in [0, 0.05) is 24.7 Å². The molecule has 2 aliphatic heterocycles. The van der Waals surface area contributed by atoms with Crippen LogP contribution < -0.4 is 5.32 Å². The predicted molar refractivity (Wildman–Crippen MR) is 66.1 cm³/mol. The van der Waals surface area contributed by atoms with Crippen molar-refractivity contribution in [3.63, 3.8) is 0 Å². The molecule has 2 nitrogen and oxygen atoms in total. The van der Waals surface area contributed by atoms with Crippen molar-refractivity contribution in [3.8, 4) is 0 Å². The van der Waals surface area contributed by atoms with Gasteiger partial charge in [0.05, 0.1) is 0 Å². The van der Waals surface area contributed by atoms with Gasteiger partial charge in [-0.1, -0.05) is 6.07 Å². The number of hydrogen-bond donors (Lipinski definition) is 1. The third-order valence-electron chi connectivity index (χ3n) is 4.18. The molecule has 98 valence electrons. The highest BCUT2D eigenvalue weighted by Crippen LogP contribution is 2.26. The van der Waals surface area contributed by atoms with Crippen LogP contribution in [0.5, 0.6) is 0 Å². The van der Waals surface area contributed by atoms with Crippen LogP contribution in [-0.2, 0) is 6.54 Å².